The van der Waals surface area contributed by atoms with E-state index in [0.717, 1.165) is 10.5 Å². The Hall–Kier alpha value is -2.57. The van der Waals surface area contributed by atoms with Crippen molar-refractivity contribution in [2.75, 3.05) is 20.7 Å². The summed E-state index contributed by atoms with van der Waals surface area (Å²) >= 11 is 0. The smallest absolute Gasteiger partial charge is 0.410 e. The number of hydrogen-bond acceptors (Lipinski definition) is 5. The van der Waals surface area contributed by atoms with Gasteiger partial charge >= 0.3 is 18.0 Å². The number of methoxy groups -OCH3 is 1. The highest BCUT2D eigenvalue weighted by Crippen LogP contribution is 2.08. The fourth-order valence-corrected chi connectivity index (χ4v) is 1.54. The average Bonchev–Trinajstić information content (AvgIpc) is 2.47. The Morgan fingerprint density at radius 3 is 2.38 bits per heavy atom. The number of carbonyl (C=O) groups excluding carboxylic acids is 2. The van der Waals surface area contributed by atoms with Crippen LogP contribution in [0.5, 0.6) is 0 Å². The zero-order valence-electron chi connectivity index (χ0n) is 11.8. The van der Waals surface area contributed by atoms with Crippen LogP contribution in [0.1, 0.15) is 5.56 Å². The van der Waals surface area contributed by atoms with Gasteiger partial charge in [0.05, 0.1) is 7.11 Å². The SMILES string of the molecule is COC(=O)CN(C)C(=O)OC(Cc1ccccc1)C(=O)O. The van der Waals surface area contributed by atoms with Crippen LogP contribution in [0.15, 0.2) is 30.3 Å². The van der Waals surface area contributed by atoms with Crippen LogP contribution >= 0.6 is 0 Å². The molecule has 1 N–H and O–H groups in total. The topological polar surface area (TPSA) is 93.1 Å². The number of nitrogens with zero attached hydrogens (tertiary/aromatic N) is 1. The lowest BCUT2D eigenvalue weighted by Crippen LogP contribution is -2.38. The number of rotatable bonds is 6. The van der Waals surface area contributed by atoms with Gasteiger partial charge in [0.1, 0.15) is 6.54 Å². The first-order chi connectivity index (χ1) is 9.93. The van der Waals surface area contributed by atoms with Gasteiger partial charge in [0.15, 0.2) is 0 Å². The van der Waals surface area contributed by atoms with E-state index in [1.807, 2.05) is 0 Å². The van der Waals surface area contributed by atoms with Crippen LogP contribution in [0.2, 0.25) is 0 Å². The molecule has 21 heavy (non-hydrogen) atoms. The lowest BCUT2D eigenvalue weighted by Gasteiger charge is -2.19. The molecule has 7 heteroatoms. The van der Waals surface area contributed by atoms with Crippen molar-refractivity contribution in [3.63, 3.8) is 0 Å². The molecule has 0 aliphatic carbocycles. The molecule has 1 unspecified atom stereocenters. The van der Waals surface area contributed by atoms with Gasteiger partial charge in [-0.05, 0) is 5.56 Å². The van der Waals surface area contributed by atoms with E-state index in [4.69, 9.17) is 9.84 Å². The summed E-state index contributed by atoms with van der Waals surface area (Å²) in [5.41, 5.74) is 0.730. The third-order valence-electron chi connectivity index (χ3n) is 2.69. The summed E-state index contributed by atoms with van der Waals surface area (Å²) in [6.45, 7) is -0.312. The molecular formula is C14H17NO6. The van der Waals surface area contributed by atoms with Gasteiger partial charge < -0.3 is 19.5 Å². The molecule has 0 heterocycles. The van der Waals surface area contributed by atoms with Crippen molar-refractivity contribution in [2.45, 2.75) is 12.5 Å². The molecule has 0 saturated heterocycles. The minimum Gasteiger partial charge on any atom is -0.478 e. The Labute approximate surface area is 122 Å². The molecule has 1 aromatic rings. The molecule has 1 atom stereocenters. The maximum absolute atomic E-state index is 11.7. The number of ether oxygens (including phenoxy) is 2. The van der Waals surface area contributed by atoms with Crippen molar-refractivity contribution >= 4 is 18.0 Å². The fraction of sp³-hybridized carbons (Fsp3) is 0.357. The summed E-state index contributed by atoms with van der Waals surface area (Å²) in [5.74, 6) is -1.87. The molecule has 1 aromatic carbocycles. The minimum atomic E-state index is -1.32. The van der Waals surface area contributed by atoms with E-state index < -0.39 is 24.1 Å². The van der Waals surface area contributed by atoms with Crippen molar-refractivity contribution in [3.05, 3.63) is 35.9 Å². The van der Waals surface area contributed by atoms with Gasteiger partial charge in [-0.1, -0.05) is 30.3 Å². The number of esters is 1. The zero-order chi connectivity index (χ0) is 15.8. The first kappa shape index (κ1) is 16.5. The average molecular weight is 295 g/mol. The summed E-state index contributed by atoms with van der Waals surface area (Å²) in [5, 5.41) is 9.11. The third-order valence-corrected chi connectivity index (χ3v) is 2.69. The maximum Gasteiger partial charge on any atom is 0.410 e. The van der Waals surface area contributed by atoms with Crippen LogP contribution in [0.4, 0.5) is 4.79 Å². The summed E-state index contributed by atoms with van der Waals surface area (Å²) in [6, 6.07) is 8.80. The first-order valence-corrected chi connectivity index (χ1v) is 6.19. The van der Waals surface area contributed by atoms with E-state index in [9.17, 15) is 14.4 Å². The Kier molecular flexibility index (Phi) is 6.19. The number of carboxylic acids is 1. The molecule has 1 rings (SSSR count). The normalized spacial score (nSPS) is 11.3. The highest BCUT2D eigenvalue weighted by molar-refractivity contribution is 5.80. The van der Waals surface area contributed by atoms with E-state index >= 15 is 0 Å². The summed E-state index contributed by atoms with van der Waals surface area (Å²) in [7, 11) is 2.51. The van der Waals surface area contributed by atoms with E-state index in [1.54, 1.807) is 30.3 Å². The molecule has 0 spiro atoms. The molecule has 0 fully saturated rings. The molecule has 0 bridgehead atoms. The van der Waals surface area contributed by atoms with Crippen LogP contribution < -0.4 is 0 Å². The van der Waals surface area contributed by atoms with Gasteiger partial charge in [0.25, 0.3) is 0 Å². The van der Waals surface area contributed by atoms with Crippen LogP contribution in [-0.2, 0) is 25.5 Å². The van der Waals surface area contributed by atoms with Crippen molar-refractivity contribution in [1.82, 2.24) is 4.90 Å². The molecule has 0 aliphatic rings. The summed E-state index contributed by atoms with van der Waals surface area (Å²) < 4.78 is 9.32. The molecule has 0 aromatic heterocycles. The van der Waals surface area contributed by atoms with Gasteiger partial charge in [0.2, 0.25) is 6.10 Å². The number of benzene rings is 1. The predicted molar refractivity (Wildman–Crippen MR) is 72.7 cm³/mol. The van der Waals surface area contributed by atoms with Gasteiger partial charge in [-0.25, -0.2) is 9.59 Å². The molecular weight excluding hydrogens is 278 g/mol. The second-order valence-electron chi connectivity index (χ2n) is 4.33. The number of carbonyl (C=O) groups is 3. The van der Waals surface area contributed by atoms with Crippen molar-refractivity contribution in [3.8, 4) is 0 Å². The molecule has 114 valence electrons. The zero-order valence-corrected chi connectivity index (χ0v) is 11.8. The van der Waals surface area contributed by atoms with E-state index in [-0.39, 0.29) is 13.0 Å². The van der Waals surface area contributed by atoms with E-state index in [0.29, 0.717) is 0 Å². The van der Waals surface area contributed by atoms with Crippen LogP contribution in [0.3, 0.4) is 0 Å². The first-order valence-electron chi connectivity index (χ1n) is 6.19. The quantitative estimate of drug-likeness (QED) is 0.785. The molecule has 0 saturated carbocycles. The largest absolute Gasteiger partial charge is 0.478 e. The highest BCUT2D eigenvalue weighted by atomic mass is 16.6. The number of hydrogen-bond donors (Lipinski definition) is 1. The van der Waals surface area contributed by atoms with Crippen molar-refractivity contribution < 1.29 is 29.0 Å². The molecule has 0 aliphatic heterocycles. The number of likely N-dealkylation sites (N-methyl/N-ethyl adjacent to an activating group) is 1. The Morgan fingerprint density at radius 2 is 1.86 bits per heavy atom. The Bertz CT molecular complexity index is 501. The minimum absolute atomic E-state index is 0.0496. The lowest BCUT2D eigenvalue weighted by molar-refractivity contribution is -0.147. The number of aliphatic carboxylic acids is 1. The monoisotopic (exact) mass is 295 g/mol. The van der Waals surface area contributed by atoms with Gasteiger partial charge in [0, 0.05) is 13.5 Å². The van der Waals surface area contributed by atoms with E-state index in [2.05, 4.69) is 4.74 Å². The fourth-order valence-electron chi connectivity index (χ4n) is 1.54. The number of carboxylic acid groups (broad SMARTS) is 1. The lowest BCUT2D eigenvalue weighted by atomic mass is 10.1. The summed E-state index contributed by atoms with van der Waals surface area (Å²) in [6.07, 6.45) is -2.17. The number of amides is 1. The van der Waals surface area contributed by atoms with Crippen LogP contribution in [0.25, 0.3) is 0 Å². The Balaban J connectivity index is 2.64. The van der Waals surface area contributed by atoms with Crippen molar-refractivity contribution in [2.24, 2.45) is 0 Å². The highest BCUT2D eigenvalue weighted by Gasteiger charge is 2.25. The molecule has 7 nitrogen and oxygen atoms in total. The maximum atomic E-state index is 11.7. The van der Waals surface area contributed by atoms with Crippen LogP contribution in [-0.4, -0.2) is 54.8 Å². The third kappa shape index (κ3) is 5.52. The van der Waals surface area contributed by atoms with E-state index in [1.165, 1.54) is 14.2 Å². The van der Waals surface area contributed by atoms with Gasteiger partial charge in [-0.3, -0.25) is 4.79 Å². The molecule has 0 radical (unpaired) electrons. The van der Waals surface area contributed by atoms with Gasteiger partial charge in [-0.15, -0.1) is 0 Å². The van der Waals surface area contributed by atoms with Crippen molar-refractivity contribution in [1.29, 1.82) is 0 Å². The summed E-state index contributed by atoms with van der Waals surface area (Å²) in [4.78, 5) is 34.9. The van der Waals surface area contributed by atoms with Gasteiger partial charge in [-0.2, -0.15) is 0 Å². The predicted octanol–water partition coefficient (Wildman–Crippen LogP) is 0.924. The second-order valence-corrected chi connectivity index (χ2v) is 4.33. The standard InChI is InChI=1S/C14H17NO6/c1-15(9-12(16)20-2)14(19)21-11(13(17)18)8-10-6-4-3-5-7-10/h3-7,11H,8-9H2,1-2H3,(H,17,18). The van der Waals surface area contributed by atoms with Crippen LogP contribution in [0, 0.1) is 0 Å². The Morgan fingerprint density at radius 1 is 1.24 bits per heavy atom. The second kappa shape index (κ2) is 7.88. The molecule has 1 amide bonds.